The summed E-state index contributed by atoms with van der Waals surface area (Å²) in [6.45, 7) is -0.0625. The smallest absolute Gasteiger partial charge is 0.272 e. The van der Waals surface area contributed by atoms with Gasteiger partial charge in [0.15, 0.2) is 0 Å². The molecule has 1 heterocycles. The first kappa shape index (κ1) is 9.42. The van der Waals surface area contributed by atoms with Crippen LogP contribution >= 0.6 is 11.6 Å². The molecule has 1 rings (SSSR count). The Hall–Kier alpha value is -1.67. The molecule has 0 saturated carbocycles. The zero-order chi connectivity index (χ0) is 9.68. The fourth-order valence-electron chi connectivity index (χ4n) is 0.662. The molecule has 1 N–H and O–H groups in total. The van der Waals surface area contributed by atoms with E-state index in [2.05, 4.69) is 15.3 Å². The Morgan fingerprint density at radius 1 is 1.69 bits per heavy atom. The first-order valence-corrected chi connectivity index (χ1v) is 3.74. The van der Waals surface area contributed by atoms with Crippen molar-refractivity contribution in [2.45, 2.75) is 0 Å². The van der Waals surface area contributed by atoms with Crippen molar-refractivity contribution in [3.8, 4) is 6.07 Å². The van der Waals surface area contributed by atoms with Crippen LogP contribution in [-0.2, 0) is 0 Å². The van der Waals surface area contributed by atoms with Gasteiger partial charge in [-0.3, -0.25) is 9.78 Å². The van der Waals surface area contributed by atoms with E-state index in [0.29, 0.717) is 0 Å². The average molecular weight is 197 g/mol. The molecule has 0 radical (unpaired) electrons. The summed E-state index contributed by atoms with van der Waals surface area (Å²) in [7, 11) is 0. The van der Waals surface area contributed by atoms with Gasteiger partial charge in [0.2, 0.25) is 0 Å². The van der Waals surface area contributed by atoms with Gasteiger partial charge in [-0.05, 0) is 0 Å². The SMILES string of the molecule is N#CCNC(=O)c1cncc(Cl)n1. The second-order valence-corrected chi connectivity index (χ2v) is 2.46. The maximum Gasteiger partial charge on any atom is 0.272 e. The molecule has 0 unspecified atom stereocenters. The Labute approximate surface area is 79.4 Å². The number of nitriles is 1. The van der Waals surface area contributed by atoms with E-state index in [0.717, 1.165) is 0 Å². The topological polar surface area (TPSA) is 78.7 Å². The lowest BCUT2D eigenvalue weighted by atomic mass is 10.4. The van der Waals surface area contributed by atoms with Crippen molar-refractivity contribution in [3.05, 3.63) is 23.2 Å². The minimum absolute atomic E-state index is 0.0625. The molecule has 0 aromatic carbocycles. The Morgan fingerprint density at radius 2 is 2.46 bits per heavy atom. The molecule has 13 heavy (non-hydrogen) atoms. The number of nitrogens with zero attached hydrogens (tertiary/aromatic N) is 3. The number of carbonyl (C=O) groups is 1. The zero-order valence-corrected chi connectivity index (χ0v) is 7.25. The Bertz CT molecular complexity index is 360. The van der Waals surface area contributed by atoms with E-state index in [1.165, 1.54) is 12.4 Å². The van der Waals surface area contributed by atoms with Gasteiger partial charge < -0.3 is 5.32 Å². The van der Waals surface area contributed by atoms with Crippen LogP contribution in [0.4, 0.5) is 0 Å². The van der Waals surface area contributed by atoms with Crippen LogP contribution in [0.5, 0.6) is 0 Å². The summed E-state index contributed by atoms with van der Waals surface area (Å²) in [5.74, 6) is -0.462. The van der Waals surface area contributed by atoms with Crippen LogP contribution in [-0.4, -0.2) is 22.4 Å². The molecule has 0 saturated heterocycles. The summed E-state index contributed by atoms with van der Waals surface area (Å²) < 4.78 is 0. The maximum atomic E-state index is 11.1. The number of halogens is 1. The Kier molecular flexibility index (Phi) is 3.17. The van der Waals surface area contributed by atoms with Crippen LogP contribution in [0, 0.1) is 11.3 Å². The molecule has 0 spiro atoms. The van der Waals surface area contributed by atoms with Crippen LogP contribution in [0.15, 0.2) is 12.4 Å². The predicted octanol–water partition coefficient (Wildman–Crippen LogP) is 0.383. The van der Waals surface area contributed by atoms with Crippen LogP contribution < -0.4 is 5.32 Å². The van der Waals surface area contributed by atoms with Crippen molar-refractivity contribution < 1.29 is 4.79 Å². The van der Waals surface area contributed by atoms with Crippen LogP contribution in [0.25, 0.3) is 0 Å². The van der Waals surface area contributed by atoms with Gasteiger partial charge in [-0.25, -0.2) is 4.98 Å². The summed E-state index contributed by atoms with van der Waals surface area (Å²) in [4.78, 5) is 18.5. The van der Waals surface area contributed by atoms with Crippen molar-refractivity contribution in [3.63, 3.8) is 0 Å². The van der Waals surface area contributed by atoms with Crippen molar-refractivity contribution in [2.75, 3.05) is 6.54 Å². The summed E-state index contributed by atoms with van der Waals surface area (Å²) in [6, 6.07) is 1.77. The number of carbonyl (C=O) groups excluding carboxylic acids is 1. The van der Waals surface area contributed by atoms with Gasteiger partial charge in [0.1, 0.15) is 17.4 Å². The highest BCUT2D eigenvalue weighted by Crippen LogP contribution is 2.01. The molecule has 1 amide bonds. The van der Waals surface area contributed by atoms with E-state index in [1.54, 1.807) is 6.07 Å². The largest absolute Gasteiger partial charge is 0.338 e. The Balaban J connectivity index is 2.72. The number of nitrogens with one attached hydrogen (secondary N) is 1. The molecule has 1 aromatic rings. The quantitative estimate of drug-likeness (QED) is 0.694. The predicted molar refractivity (Wildman–Crippen MR) is 45.0 cm³/mol. The fourth-order valence-corrected chi connectivity index (χ4v) is 0.809. The number of hydrogen-bond acceptors (Lipinski definition) is 4. The second kappa shape index (κ2) is 4.38. The number of aromatic nitrogens is 2. The summed E-state index contributed by atoms with van der Waals surface area (Å²) >= 11 is 5.50. The van der Waals surface area contributed by atoms with Gasteiger partial charge in [0.25, 0.3) is 5.91 Å². The van der Waals surface area contributed by atoms with Gasteiger partial charge in [-0.15, -0.1) is 0 Å². The summed E-state index contributed by atoms with van der Waals surface area (Å²) in [5, 5.41) is 10.6. The second-order valence-electron chi connectivity index (χ2n) is 2.07. The third kappa shape index (κ3) is 2.69. The third-order valence-corrected chi connectivity index (χ3v) is 1.35. The first-order chi connectivity index (χ1) is 6.24. The van der Waals surface area contributed by atoms with Crippen LogP contribution in [0.2, 0.25) is 5.15 Å². The van der Waals surface area contributed by atoms with Gasteiger partial charge in [-0.1, -0.05) is 11.6 Å². The highest BCUT2D eigenvalue weighted by molar-refractivity contribution is 6.29. The molecule has 0 atom stereocenters. The van der Waals surface area contributed by atoms with Crippen molar-refractivity contribution in [1.29, 1.82) is 5.26 Å². The van der Waals surface area contributed by atoms with E-state index in [-0.39, 0.29) is 17.4 Å². The minimum atomic E-state index is -0.462. The van der Waals surface area contributed by atoms with Crippen LogP contribution in [0.3, 0.4) is 0 Å². The van der Waals surface area contributed by atoms with E-state index in [4.69, 9.17) is 16.9 Å². The standard InChI is InChI=1S/C7H5ClN4O/c8-6-4-10-3-5(12-6)7(13)11-2-1-9/h3-4H,2H2,(H,11,13). The van der Waals surface area contributed by atoms with Gasteiger partial charge >= 0.3 is 0 Å². The molecule has 1 aromatic heterocycles. The molecule has 0 bridgehead atoms. The summed E-state index contributed by atoms with van der Waals surface area (Å²) in [6.07, 6.45) is 2.60. The number of amides is 1. The van der Waals surface area contributed by atoms with Gasteiger partial charge in [0.05, 0.1) is 18.5 Å². The first-order valence-electron chi connectivity index (χ1n) is 3.36. The molecule has 0 aliphatic carbocycles. The summed E-state index contributed by atoms with van der Waals surface area (Å²) in [5.41, 5.74) is 0.0998. The average Bonchev–Trinajstić information content (AvgIpc) is 2.14. The normalized spacial score (nSPS) is 8.92. The lowest BCUT2D eigenvalue weighted by Crippen LogP contribution is -2.24. The molecule has 66 valence electrons. The monoisotopic (exact) mass is 196 g/mol. The number of rotatable bonds is 2. The molecule has 6 heteroatoms. The zero-order valence-electron chi connectivity index (χ0n) is 6.49. The van der Waals surface area contributed by atoms with Crippen LogP contribution in [0.1, 0.15) is 10.5 Å². The van der Waals surface area contributed by atoms with E-state index in [9.17, 15) is 4.79 Å². The highest BCUT2D eigenvalue weighted by atomic mass is 35.5. The molecule has 0 aliphatic rings. The van der Waals surface area contributed by atoms with E-state index >= 15 is 0 Å². The molecule has 5 nitrogen and oxygen atoms in total. The lowest BCUT2D eigenvalue weighted by molar-refractivity contribution is 0.0953. The molecule has 0 aliphatic heterocycles. The third-order valence-electron chi connectivity index (χ3n) is 1.17. The van der Waals surface area contributed by atoms with Crippen molar-refractivity contribution in [2.24, 2.45) is 0 Å². The van der Waals surface area contributed by atoms with E-state index in [1.807, 2.05) is 0 Å². The Morgan fingerprint density at radius 3 is 3.08 bits per heavy atom. The molecule has 0 fully saturated rings. The lowest BCUT2D eigenvalue weighted by Gasteiger charge is -1.98. The fraction of sp³-hybridized carbons (Fsp3) is 0.143. The molecular weight excluding hydrogens is 192 g/mol. The van der Waals surface area contributed by atoms with Gasteiger partial charge in [0, 0.05) is 0 Å². The van der Waals surface area contributed by atoms with Crippen molar-refractivity contribution >= 4 is 17.5 Å². The van der Waals surface area contributed by atoms with Gasteiger partial charge in [-0.2, -0.15) is 5.26 Å². The molecular formula is C7H5ClN4O. The maximum absolute atomic E-state index is 11.1. The number of hydrogen-bond donors (Lipinski definition) is 1. The minimum Gasteiger partial charge on any atom is -0.338 e. The van der Waals surface area contributed by atoms with Crippen molar-refractivity contribution in [1.82, 2.24) is 15.3 Å². The highest BCUT2D eigenvalue weighted by Gasteiger charge is 2.06. The van der Waals surface area contributed by atoms with E-state index < -0.39 is 5.91 Å².